The maximum atomic E-state index is 12.3. The Morgan fingerprint density at radius 3 is 2.54 bits per heavy atom. The van der Waals surface area contributed by atoms with Gasteiger partial charge < -0.3 is 14.5 Å². The maximum Gasteiger partial charge on any atom is 0.379 e. The summed E-state index contributed by atoms with van der Waals surface area (Å²) in [7, 11) is 0. The molecule has 1 aliphatic rings. The van der Waals surface area contributed by atoms with Crippen molar-refractivity contribution in [3.63, 3.8) is 0 Å². The highest BCUT2D eigenvalue weighted by Crippen LogP contribution is 2.22. The van der Waals surface area contributed by atoms with E-state index in [1.807, 2.05) is 30.3 Å². The number of para-hydroxylation sites is 1. The fraction of sp³-hybridized carbons (Fsp3) is 0.190. The Morgan fingerprint density at radius 2 is 1.86 bits per heavy atom. The molecule has 0 unspecified atom stereocenters. The van der Waals surface area contributed by atoms with E-state index < -0.39 is 17.5 Å². The molecule has 2 N–H and O–H groups in total. The third kappa shape index (κ3) is 3.46. The minimum atomic E-state index is -0.913. The van der Waals surface area contributed by atoms with Crippen LogP contribution in [0.25, 0.3) is 11.0 Å². The minimum absolute atomic E-state index is 0.140. The number of aryl methyl sites for hydroxylation is 1. The standard InChI is InChI=1S/C21H18N2O5/c1-21(19(25)22-20(26)23-21)11-10-13-6-8-15(9-7-13)27-18(24)17-12-14-4-2-3-5-16(14)28-17/h2-9,12H,10-11H2,1H3,(H2,22,23,25,26)/t21-/m1/s1. The minimum Gasteiger partial charge on any atom is -0.449 e. The summed E-state index contributed by atoms with van der Waals surface area (Å²) < 4.78 is 10.9. The molecule has 7 heteroatoms. The highest BCUT2D eigenvalue weighted by atomic mass is 16.5. The van der Waals surface area contributed by atoms with Crippen LogP contribution >= 0.6 is 0 Å². The van der Waals surface area contributed by atoms with Gasteiger partial charge in [0.2, 0.25) is 5.76 Å². The van der Waals surface area contributed by atoms with Gasteiger partial charge in [0.25, 0.3) is 5.91 Å². The first kappa shape index (κ1) is 17.8. The topological polar surface area (TPSA) is 97.6 Å². The number of imide groups is 1. The molecule has 4 rings (SSSR count). The molecule has 3 aromatic rings. The van der Waals surface area contributed by atoms with E-state index in [0.717, 1.165) is 10.9 Å². The predicted octanol–water partition coefficient (Wildman–Crippen LogP) is 3.18. The largest absolute Gasteiger partial charge is 0.449 e. The first-order chi connectivity index (χ1) is 13.4. The number of carbonyl (C=O) groups excluding carboxylic acids is 3. The molecule has 0 spiro atoms. The highest BCUT2D eigenvalue weighted by Gasteiger charge is 2.41. The molecule has 0 bridgehead atoms. The van der Waals surface area contributed by atoms with Gasteiger partial charge in [0.1, 0.15) is 16.9 Å². The lowest BCUT2D eigenvalue weighted by molar-refractivity contribution is -0.123. The van der Waals surface area contributed by atoms with Crippen LogP contribution in [0, 0.1) is 0 Å². The molecule has 142 valence electrons. The molecule has 1 saturated heterocycles. The van der Waals surface area contributed by atoms with Gasteiger partial charge >= 0.3 is 12.0 Å². The van der Waals surface area contributed by atoms with Crippen LogP contribution in [0.15, 0.2) is 59.0 Å². The molecule has 0 saturated carbocycles. The average Bonchev–Trinajstić information content (AvgIpc) is 3.22. The van der Waals surface area contributed by atoms with Crippen LogP contribution in [0.5, 0.6) is 5.75 Å². The van der Waals surface area contributed by atoms with Crippen molar-refractivity contribution in [2.75, 3.05) is 0 Å². The number of rotatable bonds is 5. The lowest BCUT2D eigenvalue weighted by atomic mass is 9.93. The normalized spacial score (nSPS) is 18.8. The molecule has 2 aromatic carbocycles. The van der Waals surface area contributed by atoms with E-state index in [-0.39, 0.29) is 11.7 Å². The highest BCUT2D eigenvalue weighted by molar-refractivity contribution is 6.06. The molecule has 1 aliphatic heterocycles. The van der Waals surface area contributed by atoms with Crippen LogP contribution in [-0.2, 0) is 11.2 Å². The molecule has 3 amide bonds. The van der Waals surface area contributed by atoms with Gasteiger partial charge in [0.05, 0.1) is 0 Å². The van der Waals surface area contributed by atoms with Crippen LogP contribution < -0.4 is 15.4 Å². The van der Waals surface area contributed by atoms with Crippen molar-refractivity contribution >= 4 is 28.9 Å². The molecular weight excluding hydrogens is 360 g/mol. The van der Waals surface area contributed by atoms with E-state index in [4.69, 9.17) is 9.15 Å². The van der Waals surface area contributed by atoms with E-state index in [1.165, 1.54) is 0 Å². The third-order valence-electron chi connectivity index (χ3n) is 4.79. The lowest BCUT2D eigenvalue weighted by Gasteiger charge is -2.20. The van der Waals surface area contributed by atoms with E-state index in [1.54, 1.807) is 31.2 Å². The summed E-state index contributed by atoms with van der Waals surface area (Å²) in [4.78, 5) is 35.4. The summed E-state index contributed by atoms with van der Waals surface area (Å²) in [5.74, 6) is -0.357. The summed E-state index contributed by atoms with van der Waals surface area (Å²) >= 11 is 0. The molecule has 0 aliphatic carbocycles. The van der Waals surface area contributed by atoms with Crippen LogP contribution in [-0.4, -0.2) is 23.4 Å². The average molecular weight is 378 g/mol. The molecule has 1 atom stereocenters. The zero-order valence-electron chi connectivity index (χ0n) is 15.2. The monoisotopic (exact) mass is 378 g/mol. The summed E-state index contributed by atoms with van der Waals surface area (Å²) in [6, 6.07) is 15.5. The zero-order valence-corrected chi connectivity index (χ0v) is 15.2. The van der Waals surface area contributed by atoms with Crippen LogP contribution in [0.1, 0.15) is 29.5 Å². The Hall–Kier alpha value is -3.61. The number of carbonyl (C=O) groups is 3. The van der Waals surface area contributed by atoms with Gasteiger partial charge in [-0.2, -0.15) is 0 Å². The van der Waals surface area contributed by atoms with Gasteiger partial charge in [0, 0.05) is 5.39 Å². The van der Waals surface area contributed by atoms with Crippen molar-refractivity contribution in [2.24, 2.45) is 0 Å². The van der Waals surface area contributed by atoms with Crippen molar-refractivity contribution in [1.82, 2.24) is 10.6 Å². The number of nitrogens with one attached hydrogen (secondary N) is 2. The molecule has 7 nitrogen and oxygen atoms in total. The molecular formula is C21H18N2O5. The van der Waals surface area contributed by atoms with Gasteiger partial charge in [-0.3, -0.25) is 10.1 Å². The van der Waals surface area contributed by atoms with Gasteiger partial charge in [-0.15, -0.1) is 0 Å². The second kappa shape index (κ2) is 6.84. The van der Waals surface area contributed by atoms with Crippen molar-refractivity contribution in [2.45, 2.75) is 25.3 Å². The number of hydrogen-bond donors (Lipinski definition) is 2. The summed E-state index contributed by atoms with van der Waals surface area (Å²) in [5.41, 5.74) is 0.670. The van der Waals surface area contributed by atoms with E-state index in [9.17, 15) is 14.4 Å². The van der Waals surface area contributed by atoms with Gasteiger partial charge in [-0.25, -0.2) is 9.59 Å². The number of benzene rings is 2. The smallest absolute Gasteiger partial charge is 0.379 e. The summed E-state index contributed by atoms with van der Waals surface area (Å²) in [5, 5.41) is 5.72. The summed E-state index contributed by atoms with van der Waals surface area (Å²) in [6.45, 7) is 1.69. The predicted molar refractivity (Wildman–Crippen MR) is 101 cm³/mol. The number of fused-ring (bicyclic) bond motifs is 1. The van der Waals surface area contributed by atoms with Crippen molar-refractivity contribution in [3.05, 3.63) is 65.9 Å². The van der Waals surface area contributed by atoms with E-state index in [0.29, 0.717) is 24.2 Å². The van der Waals surface area contributed by atoms with Gasteiger partial charge in [-0.05, 0) is 49.6 Å². The number of amides is 3. The van der Waals surface area contributed by atoms with Crippen LogP contribution in [0.4, 0.5) is 4.79 Å². The summed E-state index contributed by atoms with van der Waals surface area (Å²) in [6.07, 6.45) is 1.05. The Kier molecular flexibility index (Phi) is 4.35. The van der Waals surface area contributed by atoms with Crippen molar-refractivity contribution in [3.8, 4) is 5.75 Å². The molecule has 28 heavy (non-hydrogen) atoms. The molecule has 2 heterocycles. The van der Waals surface area contributed by atoms with Gasteiger partial charge in [0.15, 0.2) is 0 Å². The Labute approximate surface area is 160 Å². The van der Waals surface area contributed by atoms with Gasteiger partial charge in [-0.1, -0.05) is 30.3 Å². The fourth-order valence-electron chi connectivity index (χ4n) is 3.11. The van der Waals surface area contributed by atoms with E-state index >= 15 is 0 Å². The first-order valence-corrected chi connectivity index (χ1v) is 8.86. The second-order valence-electron chi connectivity index (χ2n) is 6.92. The molecule has 0 radical (unpaired) electrons. The SMILES string of the molecule is C[C@]1(CCc2ccc(OC(=O)c3cc4ccccc4o3)cc2)NC(=O)NC1=O. The van der Waals surface area contributed by atoms with E-state index in [2.05, 4.69) is 10.6 Å². The van der Waals surface area contributed by atoms with Crippen LogP contribution in [0.2, 0.25) is 0 Å². The quantitative estimate of drug-likeness (QED) is 0.404. The Bertz CT molecular complexity index is 1040. The Balaban J connectivity index is 1.38. The molecule has 1 fully saturated rings. The third-order valence-corrected chi connectivity index (χ3v) is 4.79. The Morgan fingerprint density at radius 1 is 1.11 bits per heavy atom. The zero-order chi connectivity index (χ0) is 19.7. The van der Waals surface area contributed by atoms with Crippen molar-refractivity contribution < 1.29 is 23.5 Å². The van der Waals surface area contributed by atoms with Crippen molar-refractivity contribution in [1.29, 1.82) is 0 Å². The maximum absolute atomic E-state index is 12.3. The number of hydrogen-bond acceptors (Lipinski definition) is 5. The fourth-order valence-corrected chi connectivity index (χ4v) is 3.11. The van der Waals surface area contributed by atoms with Crippen LogP contribution in [0.3, 0.4) is 0 Å². The number of furan rings is 1. The lowest BCUT2D eigenvalue weighted by Crippen LogP contribution is -2.43. The number of urea groups is 1. The first-order valence-electron chi connectivity index (χ1n) is 8.86. The number of esters is 1. The molecule has 1 aromatic heterocycles. The second-order valence-corrected chi connectivity index (χ2v) is 6.92. The number of ether oxygens (including phenoxy) is 1.